The van der Waals surface area contributed by atoms with E-state index in [1.54, 1.807) is 30.5 Å². The number of hydrogen-bond acceptors (Lipinski definition) is 4. The minimum absolute atomic E-state index is 0.0837. The molecule has 29 heavy (non-hydrogen) atoms. The van der Waals surface area contributed by atoms with Gasteiger partial charge in [0.25, 0.3) is 0 Å². The largest absolute Gasteiger partial charge is 0.468 e. The first-order valence-electron chi connectivity index (χ1n) is 9.37. The first-order chi connectivity index (χ1) is 13.6. The van der Waals surface area contributed by atoms with Crippen molar-refractivity contribution in [2.45, 2.75) is 43.5 Å². The maximum absolute atomic E-state index is 12.9. The Labute approximate surface area is 171 Å². The lowest BCUT2D eigenvalue weighted by atomic mass is 9.87. The minimum Gasteiger partial charge on any atom is -0.468 e. The maximum Gasteiger partial charge on any atom is 0.324 e. The lowest BCUT2D eigenvalue weighted by molar-refractivity contribution is -0.142. The number of para-hydroxylation sites is 1. The average molecular weight is 415 g/mol. The predicted molar refractivity (Wildman–Crippen MR) is 113 cm³/mol. The van der Waals surface area contributed by atoms with Gasteiger partial charge >= 0.3 is 5.97 Å². The SMILES string of the molecule is COC(=O)C(Cc1c[nH]c2ccccc12)NS(=O)(=O)c1ccc(C(C)(C)C)cc1. The summed E-state index contributed by atoms with van der Waals surface area (Å²) >= 11 is 0. The second-order valence-corrected chi connectivity index (χ2v) is 9.75. The predicted octanol–water partition coefficient (Wildman–Crippen LogP) is 3.53. The number of fused-ring (bicyclic) bond motifs is 1. The Kier molecular flexibility index (Phi) is 5.82. The molecule has 7 heteroatoms. The van der Waals surface area contributed by atoms with Crippen LogP contribution in [0.3, 0.4) is 0 Å². The van der Waals surface area contributed by atoms with Gasteiger partial charge in [-0.2, -0.15) is 4.72 Å². The zero-order chi connectivity index (χ0) is 21.2. The molecule has 0 radical (unpaired) electrons. The summed E-state index contributed by atoms with van der Waals surface area (Å²) in [7, 11) is -2.65. The van der Waals surface area contributed by atoms with Gasteiger partial charge in [0.05, 0.1) is 12.0 Å². The third-order valence-electron chi connectivity index (χ3n) is 4.91. The van der Waals surface area contributed by atoms with Crippen molar-refractivity contribution in [1.82, 2.24) is 9.71 Å². The van der Waals surface area contributed by atoms with Gasteiger partial charge in [0, 0.05) is 23.5 Å². The van der Waals surface area contributed by atoms with E-state index in [-0.39, 0.29) is 16.7 Å². The highest BCUT2D eigenvalue weighted by molar-refractivity contribution is 7.89. The van der Waals surface area contributed by atoms with Crippen LogP contribution >= 0.6 is 0 Å². The van der Waals surface area contributed by atoms with E-state index >= 15 is 0 Å². The van der Waals surface area contributed by atoms with E-state index < -0.39 is 22.0 Å². The zero-order valence-electron chi connectivity index (χ0n) is 17.0. The quantitative estimate of drug-likeness (QED) is 0.604. The fourth-order valence-corrected chi connectivity index (χ4v) is 4.41. The van der Waals surface area contributed by atoms with E-state index in [9.17, 15) is 13.2 Å². The van der Waals surface area contributed by atoms with Crippen LogP contribution in [0.25, 0.3) is 10.9 Å². The van der Waals surface area contributed by atoms with Crippen LogP contribution in [0.15, 0.2) is 59.6 Å². The first-order valence-corrected chi connectivity index (χ1v) is 10.9. The molecule has 3 aromatic rings. The molecule has 0 fully saturated rings. The van der Waals surface area contributed by atoms with E-state index in [4.69, 9.17) is 4.74 Å². The summed E-state index contributed by atoms with van der Waals surface area (Å²) in [6, 6.07) is 13.3. The second kappa shape index (κ2) is 8.00. The van der Waals surface area contributed by atoms with Crippen molar-refractivity contribution >= 4 is 26.9 Å². The van der Waals surface area contributed by atoms with Crippen molar-refractivity contribution in [3.8, 4) is 0 Å². The minimum atomic E-state index is -3.89. The molecule has 0 saturated carbocycles. The van der Waals surface area contributed by atoms with E-state index in [1.165, 1.54) is 7.11 Å². The van der Waals surface area contributed by atoms with Crippen molar-refractivity contribution in [2.24, 2.45) is 0 Å². The summed E-state index contributed by atoms with van der Waals surface area (Å²) in [5.74, 6) is -0.634. The van der Waals surface area contributed by atoms with Gasteiger partial charge in [-0.15, -0.1) is 0 Å². The van der Waals surface area contributed by atoms with Crippen LogP contribution in [0.5, 0.6) is 0 Å². The number of rotatable bonds is 6. The Hall–Kier alpha value is -2.64. The number of carbonyl (C=O) groups excluding carboxylic acids is 1. The van der Waals surface area contributed by atoms with Crippen LogP contribution in [0.4, 0.5) is 0 Å². The van der Waals surface area contributed by atoms with Gasteiger partial charge in [-0.3, -0.25) is 4.79 Å². The third kappa shape index (κ3) is 4.68. The summed E-state index contributed by atoms with van der Waals surface area (Å²) < 4.78 is 33.1. The summed E-state index contributed by atoms with van der Waals surface area (Å²) in [6.45, 7) is 6.18. The van der Waals surface area contributed by atoms with Crippen LogP contribution in [-0.2, 0) is 31.4 Å². The van der Waals surface area contributed by atoms with Gasteiger partial charge in [0.15, 0.2) is 0 Å². The number of hydrogen-bond donors (Lipinski definition) is 2. The van der Waals surface area contributed by atoms with Crippen molar-refractivity contribution in [1.29, 1.82) is 0 Å². The summed E-state index contributed by atoms with van der Waals surface area (Å²) in [5, 5.41) is 0.940. The number of ether oxygens (including phenoxy) is 1. The summed E-state index contributed by atoms with van der Waals surface area (Å²) in [5.41, 5.74) is 2.70. The molecular formula is C22H26N2O4S. The van der Waals surface area contributed by atoms with Gasteiger partial charge in [0.1, 0.15) is 6.04 Å². The molecule has 0 aliphatic heterocycles. The van der Waals surface area contributed by atoms with E-state index in [2.05, 4.69) is 30.5 Å². The fraction of sp³-hybridized carbons (Fsp3) is 0.318. The van der Waals surface area contributed by atoms with Crippen LogP contribution in [0, 0.1) is 0 Å². The Morgan fingerprint density at radius 1 is 1.10 bits per heavy atom. The monoisotopic (exact) mass is 414 g/mol. The van der Waals surface area contributed by atoms with E-state index in [0.29, 0.717) is 0 Å². The topological polar surface area (TPSA) is 88.3 Å². The number of aromatic amines is 1. The molecule has 0 aliphatic carbocycles. The molecule has 1 unspecified atom stereocenters. The van der Waals surface area contributed by atoms with Gasteiger partial charge < -0.3 is 9.72 Å². The molecule has 1 aromatic heterocycles. The van der Waals surface area contributed by atoms with Crippen molar-refractivity contribution in [3.63, 3.8) is 0 Å². The molecule has 3 rings (SSSR count). The molecular weight excluding hydrogens is 388 g/mol. The number of H-pyrrole nitrogens is 1. The Balaban J connectivity index is 1.87. The lowest BCUT2D eigenvalue weighted by Gasteiger charge is -2.20. The fourth-order valence-electron chi connectivity index (χ4n) is 3.23. The van der Waals surface area contributed by atoms with Crippen molar-refractivity contribution < 1.29 is 17.9 Å². The molecule has 1 heterocycles. The Morgan fingerprint density at radius 3 is 2.38 bits per heavy atom. The number of esters is 1. The number of aromatic nitrogens is 1. The van der Waals surface area contributed by atoms with Crippen LogP contribution < -0.4 is 4.72 Å². The average Bonchev–Trinajstić information content (AvgIpc) is 3.09. The van der Waals surface area contributed by atoms with Crippen LogP contribution in [0.2, 0.25) is 0 Å². The smallest absolute Gasteiger partial charge is 0.324 e. The standard InChI is InChI=1S/C22H26N2O4S/c1-22(2,3)16-9-11-17(12-10-16)29(26,27)24-20(21(25)28-4)13-15-14-23-19-8-6-5-7-18(15)19/h5-12,14,20,23-24H,13H2,1-4H3. The number of sulfonamides is 1. The third-order valence-corrected chi connectivity index (χ3v) is 6.40. The number of benzene rings is 2. The zero-order valence-corrected chi connectivity index (χ0v) is 17.8. The maximum atomic E-state index is 12.9. The molecule has 2 aromatic carbocycles. The Bertz CT molecular complexity index is 1110. The highest BCUT2D eigenvalue weighted by atomic mass is 32.2. The van der Waals surface area contributed by atoms with Gasteiger partial charge in [-0.05, 0) is 34.7 Å². The molecule has 0 aliphatic rings. The highest BCUT2D eigenvalue weighted by Gasteiger charge is 2.28. The van der Waals surface area contributed by atoms with E-state index in [0.717, 1.165) is 22.0 Å². The Morgan fingerprint density at radius 2 is 1.76 bits per heavy atom. The molecule has 2 N–H and O–H groups in total. The molecule has 0 bridgehead atoms. The summed E-state index contributed by atoms with van der Waals surface area (Å²) in [4.78, 5) is 15.6. The molecule has 0 amide bonds. The van der Waals surface area contributed by atoms with E-state index in [1.807, 2.05) is 24.3 Å². The number of carbonyl (C=O) groups is 1. The van der Waals surface area contributed by atoms with Gasteiger partial charge in [-0.1, -0.05) is 51.1 Å². The number of nitrogens with one attached hydrogen (secondary N) is 2. The highest BCUT2D eigenvalue weighted by Crippen LogP contribution is 2.24. The second-order valence-electron chi connectivity index (χ2n) is 8.04. The van der Waals surface area contributed by atoms with Crippen molar-refractivity contribution in [2.75, 3.05) is 7.11 Å². The number of methoxy groups -OCH3 is 1. The van der Waals surface area contributed by atoms with Crippen molar-refractivity contribution in [3.05, 3.63) is 65.9 Å². The van der Waals surface area contributed by atoms with Gasteiger partial charge in [0.2, 0.25) is 10.0 Å². The first kappa shape index (κ1) is 21.1. The molecule has 6 nitrogen and oxygen atoms in total. The molecule has 154 valence electrons. The summed E-state index contributed by atoms with van der Waals surface area (Å²) in [6.07, 6.45) is 1.96. The normalized spacial score (nSPS) is 13.4. The lowest BCUT2D eigenvalue weighted by Crippen LogP contribution is -2.42. The van der Waals surface area contributed by atoms with Gasteiger partial charge in [-0.25, -0.2) is 8.42 Å². The van der Waals surface area contributed by atoms with Crippen LogP contribution in [-0.4, -0.2) is 32.5 Å². The molecule has 0 spiro atoms. The molecule has 0 saturated heterocycles. The van der Waals surface area contributed by atoms with Crippen LogP contribution in [0.1, 0.15) is 31.9 Å². The molecule has 1 atom stereocenters.